The highest BCUT2D eigenvalue weighted by Crippen LogP contribution is 2.26. The molecule has 0 atom stereocenters. The van der Waals surface area contributed by atoms with Crippen molar-refractivity contribution in [1.82, 2.24) is 4.98 Å². The number of benzene rings is 2. The second-order valence-electron chi connectivity index (χ2n) is 4.77. The van der Waals surface area contributed by atoms with E-state index in [4.69, 9.17) is 11.6 Å². The van der Waals surface area contributed by atoms with Gasteiger partial charge in [0.25, 0.3) is 5.91 Å². The molecular weight excluding hydrogens is 284 g/mol. The first kappa shape index (κ1) is 13.6. The lowest BCUT2D eigenvalue weighted by Gasteiger charge is -2.11. The fourth-order valence-electron chi connectivity index (χ4n) is 2.24. The van der Waals surface area contributed by atoms with Gasteiger partial charge in [0, 0.05) is 27.6 Å². The summed E-state index contributed by atoms with van der Waals surface area (Å²) < 4.78 is 0. The van der Waals surface area contributed by atoms with Gasteiger partial charge in [-0.2, -0.15) is 0 Å². The largest absolute Gasteiger partial charge is 0.320 e. The van der Waals surface area contributed by atoms with Crippen molar-refractivity contribution in [1.29, 1.82) is 0 Å². The van der Waals surface area contributed by atoms with Gasteiger partial charge in [-0.3, -0.25) is 9.78 Å². The second-order valence-corrected chi connectivity index (χ2v) is 5.21. The summed E-state index contributed by atoms with van der Waals surface area (Å²) in [4.78, 5) is 16.7. The fraction of sp³-hybridized carbons (Fsp3) is 0.0588. The molecule has 104 valence electrons. The van der Waals surface area contributed by atoms with Crippen LogP contribution in [-0.2, 0) is 0 Å². The van der Waals surface area contributed by atoms with Gasteiger partial charge in [0.1, 0.15) is 0 Å². The van der Waals surface area contributed by atoms with Gasteiger partial charge in [0.15, 0.2) is 0 Å². The number of amides is 1. The van der Waals surface area contributed by atoms with E-state index in [1.54, 1.807) is 30.5 Å². The monoisotopic (exact) mass is 296 g/mol. The molecule has 4 heteroatoms. The molecule has 0 aliphatic heterocycles. The van der Waals surface area contributed by atoms with Gasteiger partial charge in [-0.05, 0) is 25.1 Å². The number of nitrogens with one attached hydrogen (secondary N) is 1. The van der Waals surface area contributed by atoms with Crippen molar-refractivity contribution in [2.45, 2.75) is 6.92 Å². The van der Waals surface area contributed by atoms with Crippen molar-refractivity contribution in [3.63, 3.8) is 0 Å². The molecular formula is C17H13ClN2O. The van der Waals surface area contributed by atoms with E-state index < -0.39 is 0 Å². The maximum absolute atomic E-state index is 12.4. The molecule has 0 spiro atoms. The van der Waals surface area contributed by atoms with Crippen LogP contribution in [0.4, 0.5) is 5.69 Å². The van der Waals surface area contributed by atoms with E-state index in [1.807, 2.05) is 31.2 Å². The molecule has 0 bridgehead atoms. The third-order valence-electron chi connectivity index (χ3n) is 3.31. The van der Waals surface area contributed by atoms with E-state index in [1.165, 1.54) is 0 Å². The summed E-state index contributed by atoms with van der Waals surface area (Å²) in [6.07, 6.45) is 1.81. The van der Waals surface area contributed by atoms with Crippen LogP contribution in [0.3, 0.4) is 0 Å². The summed E-state index contributed by atoms with van der Waals surface area (Å²) in [5, 5.41) is 5.44. The quantitative estimate of drug-likeness (QED) is 0.759. The Morgan fingerprint density at radius 3 is 2.76 bits per heavy atom. The van der Waals surface area contributed by atoms with Crippen molar-refractivity contribution in [2.75, 3.05) is 5.32 Å². The lowest BCUT2D eigenvalue weighted by Crippen LogP contribution is -2.13. The molecule has 3 aromatic rings. The minimum Gasteiger partial charge on any atom is -0.320 e. The lowest BCUT2D eigenvalue weighted by atomic mass is 10.1. The Morgan fingerprint density at radius 1 is 1.14 bits per heavy atom. The lowest BCUT2D eigenvalue weighted by molar-refractivity contribution is 0.102. The predicted octanol–water partition coefficient (Wildman–Crippen LogP) is 4.45. The van der Waals surface area contributed by atoms with Gasteiger partial charge in [-0.1, -0.05) is 41.9 Å². The predicted molar refractivity (Wildman–Crippen MR) is 85.9 cm³/mol. The second kappa shape index (κ2) is 5.54. The van der Waals surface area contributed by atoms with Gasteiger partial charge in [0.05, 0.1) is 11.4 Å². The topological polar surface area (TPSA) is 42.0 Å². The molecule has 21 heavy (non-hydrogen) atoms. The standard InChI is InChI=1S/C17H13ClN2O/c1-11-16(15-8-3-2-5-13(15)10-19-11)20-17(21)12-6-4-7-14(18)9-12/h2-10H,1H3,(H,20,21). The molecule has 0 saturated heterocycles. The van der Waals surface area contributed by atoms with Crippen LogP contribution in [0.15, 0.2) is 54.7 Å². The Labute approximate surface area is 127 Å². The maximum atomic E-state index is 12.4. The number of rotatable bonds is 2. The van der Waals surface area contributed by atoms with Crippen LogP contribution in [0.1, 0.15) is 16.1 Å². The van der Waals surface area contributed by atoms with E-state index in [-0.39, 0.29) is 5.91 Å². The molecule has 0 unspecified atom stereocenters. The number of fused-ring (bicyclic) bond motifs is 1. The molecule has 1 amide bonds. The molecule has 0 aliphatic carbocycles. The number of aryl methyl sites for hydroxylation is 1. The van der Waals surface area contributed by atoms with E-state index in [0.717, 1.165) is 22.2 Å². The van der Waals surface area contributed by atoms with Crippen molar-refractivity contribution < 1.29 is 4.79 Å². The first-order chi connectivity index (χ1) is 10.1. The number of aromatic nitrogens is 1. The Kier molecular flexibility index (Phi) is 3.59. The molecule has 3 nitrogen and oxygen atoms in total. The van der Waals surface area contributed by atoms with Crippen LogP contribution in [0, 0.1) is 6.92 Å². The zero-order valence-electron chi connectivity index (χ0n) is 11.4. The Balaban J connectivity index is 2.02. The highest BCUT2D eigenvalue weighted by atomic mass is 35.5. The third-order valence-corrected chi connectivity index (χ3v) is 3.55. The van der Waals surface area contributed by atoms with Crippen molar-refractivity contribution in [3.8, 4) is 0 Å². The van der Waals surface area contributed by atoms with Crippen molar-refractivity contribution in [3.05, 3.63) is 71.0 Å². The number of halogens is 1. The zero-order valence-corrected chi connectivity index (χ0v) is 12.2. The number of hydrogen-bond donors (Lipinski definition) is 1. The molecule has 1 N–H and O–H groups in total. The number of pyridine rings is 1. The summed E-state index contributed by atoms with van der Waals surface area (Å²) in [6.45, 7) is 1.88. The molecule has 0 aliphatic rings. The van der Waals surface area contributed by atoms with Gasteiger partial charge in [-0.15, -0.1) is 0 Å². The molecule has 2 aromatic carbocycles. The third kappa shape index (κ3) is 2.73. The smallest absolute Gasteiger partial charge is 0.255 e. The molecule has 1 heterocycles. The minimum absolute atomic E-state index is 0.196. The van der Waals surface area contributed by atoms with E-state index in [0.29, 0.717) is 10.6 Å². The van der Waals surface area contributed by atoms with Crippen molar-refractivity contribution in [2.24, 2.45) is 0 Å². The van der Waals surface area contributed by atoms with Gasteiger partial charge < -0.3 is 5.32 Å². The highest BCUT2D eigenvalue weighted by molar-refractivity contribution is 6.31. The summed E-state index contributed by atoms with van der Waals surface area (Å²) in [7, 11) is 0. The van der Waals surface area contributed by atoms with Crippen LogP contribution in [0.25, 0.3) is 10.8 Å². The van der Waals surface area contributed by atoms with Gasteiger partial charge in [0.2, 0.25) is 0 Å². The first-order valence-corrected chi connectivity index (χ1v) is 6.94. The molecule has 1 aromatic heterocycles. The SMILES string of the molecule is Cc1ncc2ccccc2c1NC(=O)c1cccc(Cl)c1. The average molecular weight is 297 g/mol. The Morgan fingerprint density at radius 2 is 1.95 bits per heavy atom. The fourth-order valence-corrected chi connectivity index (χ4v) is 2.43. The van der Waals surface area contributed by atoms with Gasteiger partial charge >= 0.3 is 0 Å². The van der Waals surface area contributed by atoms with E-state index >= 15 is 0 Å². The number of anilines is 1. The minimum atomic E-state index is -0.196. The first-order valence-electron chi connectivity index (χ1n) is 6.56. The van der Waals surface area contributed by atoms with Crippen LogP contribution in [0.2, 0.25) is 5.02 Å². The maximum Gasteiger partial charge on any atom is 0.255 e. The highest BCUT2D eigenvalue weighted by Gasteiger charge is 2.11. The van der Waals surface area contributed by atoms with E-state index in [2.05, 4.69) is 10.3 Å². The summed E-state index contributed by atoms with van der Waals surface area (Å²) >= 11 is 5.93. The number of carbonyl (C=O) groups is 1. The van der Waals surface area contributed by atoms with Gasteiger partial charge in [-0.25, -0.2) is 0 Å². The number of hydrogen-bond acceptors (Lipinski definition) is 2. The molecule has 0 fully saturated rings. The summed E-state index contributed by atoms with van der Waals surface area (Å²) in [6, 6.07) is 14.7. The van der Waals surface area contributed by atoms with Crippen molar-refractivity contribution >= 4 is 34.0 Å². The van der Waals surface area contributed by atoms with Crippen LogP contribution in [-0.4, -0.2) is 10.9 Å². The molecule has 0 saturated carbocycles. The summed E-state index contributed by atoms with van der Waals surface area (Å²) in [5.41, 5.74) is 2.04. The zero-order chi connectivity index (χ0) is 14.8. The molecule has 0 radical (unpaired) electrons. The molecule has 3 rings (SSSR count). The normalized spacial score (nSPS) is 10.6. The number of carbonyl (C=O) groups excluding carboxylic acids is 1. The van der Waals surface area contributed by atoms with Crippen LogP contribution >= 0.6 is 11.6 Å². The average Bonchev–Trinajstić information content (AvgIpc) is 2.50. The Hall–Kier alpha value is -2.39. The Bertz CT molecular complexity index is 830. The van der Waals surface area contributed by atoms with Crippen LogP contribution < -0.4 is 5.32 Å². The van der Waals surface area contributed by atoms with Crippen LogP contribution in [0.5, 0.6) is 0 Å². The number of nitrogens with zero attached hydrogens (tertiary/aromatic N) is 1. The van der Waals surface area contributed by atoms with E-state index in [9.17, 15) is 4.79 Å². The summed E-state index contributed by atoms with van der Waals surface area (Å²) in [5.74, 6) is -0.196.